The van der Waals surface area contributed by atoms with E-state index < -0.39 is 102 Å². The lowest BCUT2D eigenvalue weighted by Gasteiger charge is -2.35. The summed E-state index contributed by atoms with van der Waals surface area (Å²) in [5, 5.41) is 52.8. The van der Waals surface area contributed by atoms with E-state index in [-0.39, 0.29) is 117 Å². The van der Waals surface area contributed by atoms with Crippen LogP contribution in [0.4, 0.5) is 0 Å². The molecule has 5 aliphatic heterocycles. The topological polar surface area (TPSA) is 345 Å². The van der Waals surface area contributed by atoms with Crippen LogP contribution in [0.5, 0.6) is 0 Å². The fraction of sp³-hybridized carbons (Fsp3) is 0.737. The van der Waals surface area contributed by atoms with Gasteiger partial charge in [-0.25, -0.2) is 20.3 Å². The molecule has 25 heteroatoms. The van der Waals surface area contributed by atoms with E-state index in [1.165, 1.54) is 9.80 Å². The molecule has 0 spiro atoms. The van der Waals surface area contributed by atoms with Crippen LogP contribution < -0.4 is 27.0 Å². The molecule has 5 saturated heterocycles. The summed E-state index contributed by atoms with van der Waals surface area (Å²) in [6, 6.07) is -3.46. The molecule has 0 saturated carbocycles. The number of hydrogen-bond acceptors (Lipinski definition) is 15. The summed E-state index contributed by atoms with van der Waals surface area (Å²) >= 11 is 0. The van der Waals surface area contributed by atoms with Gasteiger partial charge in [0.25, 0.3) is 11.8 Å². The lowest BCUT2D eigenvalue weighted by molar-refractivity contribution is -0.192. The summed E-state index contributed by atoms with van der Waals surface area (Å²) in [5.74, 6) is -10.5. The summed E-state index contributed by atoms with van der Waals surface area (Å²) in [5.41, 5.74) is 5.64. The first-order chi connectivity index (χ1) is 29.9. The number of nitrogens with zero attached hydrogens (tertiary/aromatic N) is 6. The Hall–Kier alpha value is -5.50. The molecular weight excluding hydrogens is 834 g/mol. The number of hydroxylamine groups is 8. The average molecular weight is 898 g/mol. The average Bonchev–Trinajstić information content (AvgIpc) is 3.23. The largest absolute Gasteiger partial charge is 0.355 e. The van der Waals surface area contributed by atoms with E-state index in [1.54, 1.807) is 0 Å². The van der Waals surface area contributed by atoms with Gasteiger partial charge in [-0.2, -0.15) is 0 Å². The van der Waals surface area contributed by atoms with Gasteiger partial charge in [0.2, 0.25) is 47.3 Å². The minimum Gasteiger partial charge on any atom is -0.355 e. The molecule has 0 radical (unpaired) electrons. The molecule has 0 aliphatic carbocycles. The first-order valence-corrected chi connectivity index (χ1v) is 21.2. The van der Waals surface area contributed by atoms with Gasteiger partial charge in [-0.15, -0.1) is 0 Å². The van der Waals surface area contributed by atoms with Crippen molar-refractivity contribution < 1.29 is 68.8 Å². The third-order valence-corrected chi connectivity index (χ3v) is 11.1. The maximum atomic E-state index is 13.4. The van der Waals surface area contributed by atoms with Crippen molar-refractivity contribution in [2.75, 3.05) is 65.4 Å². The zero-order valence-electron chi connectivity index (χ0n) is 35.9. The Morgan fingerprint density at radius 2 is 1.05 bits per heavy atom. The summed E-state index contributed by atoms with van der Waals surface area (Å²) in [4.78, 5) is 131. The maximum absolute atomic E-state index is 13.4. The minimum atomic E-state index is -1.36. The van der Waals surface area contributed by atoms with Crippen molar-refractivity contribution in [1.29, 1.82) is 0 Å². The quantitative estimate of drug-likeness (QED) is 0.0498. The smallest absolute Gasteiger partial charge is 0.259 e. The molecule has 0 aromatic rings. The van der Waals surface area contributed by atoms with Gasteiger partial charge in [0.05, 0.1) is 0 Å². The maximum Gasteiger partial charge on any atom is 0.259 e. The number of carbonyl (C=O) groups is 10. The molecule has 5 rings (SSSR count). The minimum absolute atomic E-state index is 0.0228. The van der Waals surface area contributed by atoms with Gasteiger partial charge in [0.15, 0.2) is 0 Å². The highest BCUT2D eigenvalue weighted by atomic mass is 16.5. The Morgan fingerprint density at radius 3 is 1.48 bits per heavy atom. The molecule has 4 unspecified atom stereocenters. The zero-order valence-corrected chi connectivity index (χ0v) is 35.9. The Bertz CT molecular complexity index is 1670. The Morgan fingerprint density at radius 1 is 0.619 bits per heavy atom. The number of piperidine rings is 2. The van der Waals surface area contributed by atoms with Crippen molar-refractivity contribution in [3.63, 3.8) is 0 Å². The van der Waals surface area contributed by atoms with E-state index in [9.17, 15) is 68.8 Å². The summed E-state index contributed by atoms with van der Waals surface area (Å²) in [6.45, 7) is 1.14. The normalized spacial score (nSPS) is 24.5. The van der Waals surface area contributed by atoms with Crippen LogP contribution in [0.2, 0.25) is 0 Å². The van der Waals surface area contributed by atoms with Gasteiger partial charge >= 0.3 is 0 Å². The van der Waals surface area contributed by atoms with Crippen molar-refractivity contribution in [3.8, 4) is 0 Å². The Kier molecular flexibility index (Phi) is 21.0. The van der Waals surface area contributed by atoms with Gasteiger partial charge in [-0.1, -0.05) is 6.42 Å². The molecule has 354 valence electrons. The standard InChI is InChI=1S/C38H63N11O14/c1-24(50)46(60)22-31(52)44-17-5-6-18-45(32(53)23-47(61)25(2)51)20-8-16-41-34(55)28-11-13-30(49(63)38(28)59)36(57)43-26(9-3-4-14-39)21-42-35(56)29-12-10-27(37(58)48(29)62)33(54)40-15-7-19-44/h26-30,60-63H,3-23,39H2,1-2H3,(H,40,54)(H,41,55)(H,42,56)(H,43,57)/t26-,27?,28?,29?,30?/m0/s1. The molecule has 5 atom stereocenters. The molecule has 10 N–H and O–H groups in total. The van der Waals surface area contributed by atoms with Crippen molar-refractivity contribution in [2.45, 2.75) is 103 Å². The fourth-order valence-corrected chi connectivity index (χ4v) is 7.35. The second-order valence-electron chi connectivity index (χ2n) is 15.8. The number of rotatable bonds is 8. The molecule has 25 nitrogen and oxygen atoms in total. The predicted molar refractivity (Wildman–Crippen MR) is 214 cm³/mol. The van der Waals surface area contributed by atoms with Gasteiger partial charge in [0.1, 0.15) is 37.0 Å². The summed E-state index contributed by atoms with van der Waals surface area (Å²) in [7, 11) is 0. The van der Waals surface area contributed by atoms with Crippen molar-refractivity contribution in [1.82, 2.24) is 51.3 Å². The highest BCUT2D eigenvalue weighted by molar-refractivity contribution is 6.03. The van der Waals surface area contributed by atoms with Crippen LogP contribution in [0.1, 0.15) is 84.5 Å². The molecule has 5 aliphatic rings. The van der Waals surface area contributed by atoms with Crippen molar-refractivity contribution in [2.24, 2.45) is 17.6 Å². The van der Waals surface area contributed by atoms with Crippen LogP contribution in [-0.2, 0) is 47.9 Å². The number of amides is 10. The van der Waals surface area contributed by atoms with E-state index in [0.717, 1.165) is 13.8 Å². The number of carbonyl (C=O) groups excluding carboxylic acids is 10. The first kappa shape index (κ1) is 51.8. The van der Waals surface area contributed by atoms with Gasteiger partial charge in [-0.05, 0) is 70.8 Å². The van der Waals surface area contributed by atoms with Crippen LogP contribution in [-0.4, -0.2) is 194 Å². The summed E-state index contributed by atoms with van der Waals surface area (Å²) in [6.07, 6.45) is 1.93. The van der Waals surface area contributed by atoms with Gasteiger partial charge in [-0.3, -0.25) is 68.8 Å². The lowest BCUT2D eigenvalue weighted by atomic mass is 9.91. The lowest BCUT2D eigenvalue weighted by Crippen LogP contribution is -2.59. The molecule has 10 amide bonds. The molecule has 63 heavy (non-hydrogen) atoms. The van der Waals surface area contributed by atoms with Crippen LogP contribution in [0, 0.1) is 11.8 Å². The van der Waals surface area contributed by atoms with E-state index >= 15 is 0 Å². The number of nitrogens with one attached hydrogen (secondary N) is 4. The number of fused-ring (bicyclic) bond motifs is 2. The van der Waals surface area contributed by atoms with E-state index in [4.69, 9.17) is 5.73 Å². The Balaban J connectivity index is 1.82. The molecule has 0 aromatic heterocycles. The second kappa shape index (κ2) is 25.6. The highest BCUT2D eigenvalue weighted by Gasteiger charge is 2.44. The van der Waals surface area contributed by atoms with E-state index in [0.29, 0.717) is 25.8 Å². The van der Waals surface area contributed by atoms with Crippen molar-refractivity contribution in [3.05, 3.63) is 0 Å². The van der Waals surface area contributed by atoms with Crippen LogP contribution in [0.15, 0.2) is 0 Å². The molecule has 5 fully saturated rings. The number of nitrogens with two attached hydrogens (primary N) is 1. The zero-order chi connectivity index (χ0) is 46.8. The highest BCUT2D eigenvalue weighted by Crippen LogP contribution is 2.24. The molecular formula is C38H63N11O14. The van der Waals surface area contributed by atoms with Crippen LogP contribution in [0.3, 0.4) is 0 Å². The number of unbranched alkanes of at least 4 members (excludes halogenated alkanes) is 1. The van der Waals surface area contributed by atoms with E-state index in [2.05, 4.69) is 21.3 Å². The van der Waals surface area contributed by atoms with Crippen LogP contribution in [0.25, 0.3) is 0 Å². The van der Waals surface area contributed by atoms with Gasteiger partial charge < -0.3 is 36.8 Å². The fourth-order valence-electron chi connectivity index (χ4n) is 7.35. The SMILES string of the molecule is CC(=O)N(O)CC(=O)N1CCCCN(C(=O)CN(O)C(C)=O)CCCNC(=O)C2CCC(C(=O)N[C@@H](CCCCN)CNC(=O)C3CCC(C(=O)NCCC1)C(=O)N3O)N(O)C2=O. The predicted octanol–water partition coefficient (Wildman–Crippen LogP) is -3.35. The monoisotopic (exact) mass is 897 g/mol. The Labute approximate surface area is 364 Å². The van der Waals surface area contributed by atoms with Crippen LogP contribution >= 0.6 is 0 Å². The second-order valence-corrected chi connectivity index (χ2v) is 15.8. The number of hydrogen-bond donors (Lipinski definition) is 9. The van der Waals surface area contributed by atoms with Gasteiger partial charge in [0, 0.05) is 65.7 Å². The van der Waals surface area contributed by atoms with Crippen molar-refractivity contribution >= 4 is 59.1 Å². The van der Waals surface area contributed by atoms with E-state index in [1.807, 2.05) is 0 Å². The molecule has 0 aromatic carbocycles. The molecule has 4 bridgehead atoms. The summed E-state index contributed by atoms with van der Waals surface area (Å²) < 4.78 is 0. The third kappa shape index (κ3) is 15.7. The first-order valence-electron chi connectivity index (χ1n) is 21.2. The molecule has 5 heterocycles. The third-order valence-electron chi connectivity index (χ3n) is 11.1.